The van der Waals surface area contributed by atoms with E-state index in [0.29, 0.717) is 24.6 Å². The van der Waals surface area contributed by atoms with Gasteiger partial charge in [-0.25, -0.2) is 4.79 Å². The van der Waals surface area contributed by atoms with E-state index >= 15 is 0 Å². The van der Waals surface area contributed by atoms with Gasteiger partial charge in [-0.05, 0) is 36.8 Å². The van der Waals surface area contributed by atoms with Gasteiger partial charge in [-0.2, -0.15) is 0 Å². The summed E-state index contributed by atoms with van der Waals surface area (Å²) in [4.78, 5) is 37.4. The molecule has 3 amide bonds. The monoisotopic (exact) mass is 437 g/mol. The number of nitro groups is 1. The molecule has 0 saturated carbocycles. The minimum atomic E-state index is -0.551. The molecule has 4 rings (SSSR count). The molecule has 2 aliphatic heterocycles. The zero-order valence-corrected chi connectivity index (χ0v) is 17.5. The topological polar surface area (TPSA) is 126 Å². The van der Waals surface area contributed by atoms with Crippen LogP contribution in [0, 0.1) is 10.1 Å². The maximum absolute atomic E-state index is 12.8. The van der Waals surface area contributed by atoms with Crippen LogP contribution in [0.3, 0.4) is 0 Å². The average molecular weight is 437 g/mol. The van der Waals surface area contributed by atoms with Crippen molar-refractivity contribution in [1.29, 1.82) is 0 Å². The van der Waals surface area contributed by atoms with Crippen molar-refractivity contribution in [3.8, 4) is 0 Å². The van der Waals surface area contributed by atoms with Crippen molar-refractivity contribution in [2.45, 2.75) is 13.0 Å². The van der Waals surface area contributed by atoms with Gasteiger partial charge in [0.15, 0.2) is 0 Å². The Balaban J connectivity index is 1.55. The number of amides is 3. The molecule has 10 nitrogen and oxygen atoms in total. The van der Waals surface area contributed by atoms with Crippen LogP contribution in [0.1, 0.15) is 28.9 Å². The fraction of sp³-hybridized carbons (Fsp3) is 0.273. The number of anilines is 1. The molecule has 2 aromatic rings. The van der Waals surface area contributed by atoms with E-state index in [-0.39, 0.29) is 17.3 Å². The van der Waals surface area contributed by atoms with E-state index in [4.69, 9.17) is 4.74 Å². The highest BCUT2D eigenvalue weighted by atomic mass is 16.6. The van der Waals surface area contributed by atoms with Gasteiger partial charge in [0.05, 0.1) is 29.9 Å². The first-order valence-corrected chi connectivity index (χ1v) is 10.2. The van der Waals surface area contributed by atoms with Crippen LogP contribution in [0.15, 0.2) is 59.9 Å². The molecule has 2 aliphatic rings. The zero-order valence-electron chi connectivity index (χ0n) is 17.5. The molecule has 1 saturated heterocycles. The predicted molar refractivity (Wildman–Crippen MR) is 117 cm³/mol. The van der Waals surface area contributed by atoms with Crippen molar-refractivity contribution in [2.75, 3.05) is 31.2 Å². The number of ether oxygens (including phenoxy) is 1. The van der Waals surface area contributed by atoms with E-state index in [0.717, 1.165) is 24.3 Å². The Morgan fingerprint density at radius 2 is 1.78 bits per heavy atom. The van der Waals surface area contributed by atoms with Crippen molar-refractivity contribution in [2.24, 2.45) is 0 Å². The lowest BCUT2D eigenvalue weighted by atomic mass is 10.00. The van der Waals surface area contributed by atoms with Crippen LogP contribution in [0.4, 0.5) is 16.2 Å². The molecule has 32 heavy (non-hydrogen) atoms. The van der Waals surface area contributed by atoms with Gasteiger partial charge in [0.2, 0.25) is 0 Å². The lowest BCUT2D eigenvalue weighted by Gasteiger charge is -2.31. The van der Waals surface area contributed by atoms with Gasteiger partial charge in [-0.3, -0.25) is 14.9 Å². The molecule has 3 N–H and O–H groups in total. The van der Waals surface area contributed by atoms with E-state index in [9.17, 15) is 19.7 Å². The summed E-state index contributed by atoms with van der Waals surface area (Å²) in [5.74, 6) is -0.429. The second-order valence-electron chi connectivity index (χ2n) is 7.52. The highest BCUT2D eigenvalue weighted by Gasteiger charge is 2.28. The predicted octanol–water partition coefficient (Wildman–Crippen LogP) is 2.45. The summed E-state index contributed by atoms with van der Waals surface area (Å²) in [6, 6.07) is 12.2. The molecule has 0 aliphatic carbocycles. The third-order valence-electron chi connectivity index (χ3n) is 5.46. The van der Waals surface area contributed by atoms with Gasteiger partial charge < -0.3 is 25.6 Å². The van der Waals surface area contributed by atoms with Crippen LogP contribution >= 0.6 is 0 Å². The second-order valence-corrected chi connectivity index (χ2v) is 7.52. The summed E-state index contributed by atoms with van der Waals surface area (Å²) >= 11 is 0. The van der Waals surface area contributed by atoms with Gasteiger partial charge in [0.25, 0.3) is 11.6 Å². The third kappa shape index (κ3) is 4.54. The van der Waals surface area contributed by atoms with E-state index < -0.39 is 16.9 Å². The van der Waals surface area contributed by atoms with Crippen LogP contribution in [0.2, 0.25) is 0 Å². The SMILES string of the molecule is CC1=C(NC(=O)c2ccc([N+](=O)[O-])cc2)[C@@H](c2ccc(N3CCOCC3)cc2)NC(=O)N1. The van der Waals surface area contributed by atoms with Gasteiger partial charge in [0.1, 0.15) is 0 Å². The number of benzene rings is 2. The summed E-state index contributed by atoms with van der Waals surface area (Å²) in [5, 5.41) is 19.2. The van der Waals surface area contributed by atoms with Crippen molar-refractivity contribution < 1.29 is 19.2 Å². The maximum Gasteiger partial charge on any atom is 0.319 e. The van der Waals surface area contributed by atoms with Gasteiger partial charge >= 0.3 is 6.03 Å². The van der Waals surface area contributed by atoms with E-state index in [1.165, 1.54) is 24.3 Å². The Labute approximate surface area is 184 Å². The molecule has 1 fully saturated rings. The summed E-state index contributed by atoms with van der Waals surface area (Å²) in [6.07, 6.45) is 0. The number of nitrogens with zero attached hydrogens (tertiary/aromatic N) is 2. The smallest absolute Gasteiger partial charge is 0.319 e. The third-order valence-corrected chi connectivity index (χ3v) is 5.46. The minimum Gasteiger partial charge on any atom is -0.378 e. The first-order valence-electron chi connectivity index (χ1n) is 10.2. The molecule has 0 unspecified atom stereocenters. The molecule has 0 bridgehead atoms. The molecular formula is C22H23N5O5. The molecule has 0 radical (unpaired) electrons. The standard InChI is InChI=1S/C22H23N5O5/c1-14-19(24-21(28)16-4-8-18(9-5-16)27(30)31)20(25-22(29)23-14)15-2-6-17(7-3-15)26-10-12-32-13-11-26/h2-9,20H,10-13H2,1H3,(H,24,28)(H2,23,25,29)/t20-/m1/s1. The first kappa shape index (κ1) is 21.3. The van der Waals surface area contributed by atoms with Crippen molar-refractivity contribution in [1.82, 2.24) is 16.0 Å². The molecule has 0 aromatic heterocycles. The number of hydrogen-bond donors (Lipinski definition) is 3. The highest BCUT2D eigenvalue weighted by Crippen LogP contribution is 2.27. The highest BCUT2D eigenvalue weighted by molar-refractivity contribution is 5.96. The number of allylic oxidation sites excluding steroid dienone is 1. The summed E-state index contributed by atoms with van der Waals surface area (Å²) in [7, 11) is 0. The number of morpholine rings is 1. The first-order chi connectivity index (χ1) is 15.4. The second kappa shape index (κ2) is 9.06. The molecule has 2 aromatic carbocycles. The van der Waals surface area contributed by atoms with E-state index in [1.807, 2.05) is 24.3 Å². The van der Waals surface area contributed by atoms with Crippen molar-refractivity contribution in [3.63, 3.8) is 0 Å². The number of urea groups is 1. The fourth-order valence-electron chi connectivity index (χ4n) is 3.74. The Hall–Kier alpha value is -3.92. The summed E-state index contributed by atoms with van der Waals surface area (Å²) in [6.45, 7) is 4.72. The number of nitro benzene ring substituents is 1. The number of rotatable bonds is 5. The average Bonchev–Trinajstić information content (AvgIpc) is 2.81. The number of non-ortho nitro benzene ring substituents is 1. The molecule has 0 spiro atoms. The molecular weight excluding hydrogens is 414 g/mol. The summed E-state index contributed by atoms with van der Waals surface area (Å²) in [5.41, 5.74) is 3.08. The van der Waals surface area contributed by atoms with Crippen LogP contribution in [-0.2, 0) is 4.74 Å². The molecule has 1 atom stereocenters. The van der Waals surface area contributed by atoms with Gasteiger partial charge in [0, 0.05) is 42.2 Å². The van der Waals surface area contributed by atoms with Crippen LogP contribution in [0.25, 0.3) is 0 Å². The van der Waals surface area contributed by atoms with Crippen molar-refractivity contribution in [3.05, 3.63) is 81.2 Å². The number of carbonyl (C=O) groups is 2. The van der Waals surface area contributed by atoms with E-state index in [1.54, 1.807) is 6.92 Å². The normalized spacial score (nSPS) is 18.6. The van der Waals surface area contributed by atoms with Crippen LogP contribution < -0.4 is 20.9 Å². The lowest BCUT2D eigenvalue weighted by molar-refractivity contribution is -0.384. The maximum atomic E-state index is 12.8. The van der Waals surface area contributed by atoms with Crippen molar-refractivity contribution >= 4 is 23.3 Å². The van der Waals surface area contributed by atoms with Gasteiger partial charge in [-0.15, -0.1) is 0 Å². The Kier molecular flexibility index (Phi) is 6.04. The fourth-order valence-corrected chi connectivity index (χ4v) is 3.74. The molecule has 10 heteroatoms. The Morgan fingerprint density at radius 1 is 1.12 bits per heavy atom. The minimum absolute atomic E-state index is 0.0956. The van der Waals surface area contributed by atoms with Gasteiger partial charge in [-0.1, -0.05) is 12.1 Å². The lowest BCUT2D eigenvalue weighted by Crippen LogP contribution is -2.47. The quantitative estimate of drug-likeness (QED) is 0.487. The molecule has 2 heterocycles. The number of nitrogens with one attached hydrogen (secondary N) is 3. The van der Waals surface area contributed by atoms with Crippen LogP contribution in [-0.4, -0.2) is 43.2 Å². The summed E-state index contributed by atoms with van der Waals surface area (Å²) < 4.78 is 5.39. The van der Waals surface area contributed by atoms with Crippen LogP contribution in [0.5, 0.6) is 0 Å². The molecule has 166 valence electrons. The number of carbonyl (C=O) groups excluding carboxylic acids is 2. The Morgan fingerprint density at radius 3 is 2.41 bits per heavy atom. The Bertz CT molecular complexity index is 1060. The zero-order chi connectivity index (χ0) is 22.7. The largest absolute Gasteiger partial charge is 0.378 e. The van der Waals surface area contributed by atoms with E-state index in [2.05, 4.69) is 20.9 Å². The number of hydrogen-bond acceptors (Lipinski definition) is 6.